The molecular weight excluding hydrogens is 238 g/mol. The molecule has 0 fully saturated rings. The van der Waals surface area contributed by atoms with Gasteiger partial charge in [0.2, 0.25) is 0 Å². The van der Waals surface area contributed by atoms with E-state index in [1.165, 1.54) is 11.3 Å². The molecule has 3 N–H and O–H groups in total. The lowest BCUT2D eigenvalue weighted by Gasteiger charge is -2.07. The van der Waals surface area contributed by atoms with Crippen molar-refractivity contribution in [3.63, 3.8) is 0 Å². The zero-order valence-corrected chi connectivity index (χ0v) is 11.0. The van der Waals surface area contributed by atoms with Crippen molar-refractivity contribution in [1.82, 2.24) is 10.3 Å². The number of hydrogen-bond donors (Lipinski definition) is 2. The van der Waals surface area contributed by atoms with Gasteiger partial charge in [0.15, 0.2) is 5.13 Å². The number of anilines is 1. The van der Waals surface area contributed by atoms with Gasteiger partial charge in [0.25, 0.3) is 5.91 Å². The number of nitrogen functional groups attached to an aromatic ring is 1. The first-order valence-electron chi connectivity index (χ1n) is 5.70. The van der Waals surface area contributed by atoms with Crippen molar-refractivity contribution >= 4 is 22.4 Å². The van der Waals surface area contributed by atoms with Gasteiger partial charge in [-0.1, -0.05) is 0 Å². The molecule has 1 heterocycles. The highest BCUT2D eigenvalue weighted by molar-refractivity contribution is 7.13. The second-order valence-corrected chi connectivity index (χ2v) is 4.84. The Labute approximate surface area is 105 Å². The van der Waals surface area contributed by atoms with E-state index in [9.17, 15) is 4.79 Å². The first-order chi connectivity index (χ1) is 8.09. The van der Waals surface area contributed by atoms with Crippen LogP contribution in [0.3, 0.4) is 0 Å². The van der Waals surface area contributed by atoms with Gasteiger partial charge in [0.1, 0.15) is 5.69 Å². The van der Waals surface area contributed by atoms with E-state index in [1.54, 1.807) is 5.38 Å². The van der Waals surface area contributed by atoms with Crippen LogP contribution in [0, 0.1) is 0 Å². The molecule has 0 atom stereocenters. The minimum Gasteiger partial charge on any atom is -0.379 e. The summed E-state index contributed by atoms with van der Waals surface area (Å²) in [6.07, 6.45) is 2.11. The van der Waals surface area contributed by atoms with E-state index in [1.807, 2.05) is 13.8 Å². The SMILES string of the molecule is CC(C)OCCCCNC(=O)c1csc(N)n1. The molecule has 0 aliphatic rings. The average Bonchev–Trinajstić information content (AvgIpc) is 2.69. The van der Waals surface area contributed by atoms with Crippen LogP contribution in [0.25, 0.3) is 0 Å². The highest BCUT2D eigenvalue weighted by atomic mass is 32.1. The van der Waals surface area contributed by atoms with E-state index in [2.05, 4.69) is 10.3 Å². The van der Waals surface area contributed by atoms with Crippen LogP contribution in [0.2, 0.25) is 0 Å². The topological polar surface area (TPSA) is 77.2 Å². The van der Waals surface area contributed by atoms with E-state index < -0.39 is 0 Å². The fourth-order valence-electron chi connectivity index (χ4n) is 1.23. The van der Waals surface area contributed by atoms with Crippen LogP contribution >= 0.6 is 11.3 Å². The highest BCUT2D eigenvalue weighted by Crippen LogP contribution is 2.10. The summed E-state index contributed by atoms with van der Waals surface area (Å²) in [4.78, 5) is 15.5. The van der Waals surface area contributed by atoms with Crippen molar-refractivity contribution in [2.24, 2.45) is 0 Å². The number of nitrogens with zero attached hydrogens (tertiary/aromatic N) is 1. The van der Waals surface area contributed by atoms with Crippen molar-refractivity contribution < 1.29 is 9.53 Å². The maximum Gasteiger partial charge on any atom is 0.270 e. The molecule has 0 radical (unpaired) electrons. The number of thiazole rings is 1. The van der Waals surface area contributed by atoms with Crippen LogP contribution in [0.1, 0.15) is 37.2 Å². The number of carbonyl (C=O) groups excluding carboxylic acids is 1. The summed E-state index contributed by atoms with van der Waals surface area (Å²) in [6, 6.07) is 0. The Hall–Kier alpha value is -1.14. The predicted octanol–water partition coefficient (Wildman–Crippen LogP) is 1.66. The molecule has 0 unspecified atom stereocenters. The fraction of sp³-hybridized carbons (Fsp3) is 0.636. The molecule has 1 rings (SSSR count). The van der Waals surface area contributed by atoms with Crippen LogP contribution < -0.4 is 11.1 Å². The summed E-state index contributed by atoms with van der Waals surface area (Å²) in [5.74, 6) is -0.164. The second kappa shape index (κ2) is 7.24. The van der Waals surface area contributed by atoms with E-state index >= 15 is 0 Å². The van der Waals surface area contributed by atoms with Gasteiger partial charge in [-0.15, -0.1) is 11.3 Å². The molecule has 0 saturated heterocycles. The molecule has 0 saturated carbocycles. The van der Waals surface area contributed by atoms with Crippen molar-refractivity contribution in [2.75, 3.05) is 18.9 Å². The second-order valence-electron chi connectivity index (χ2n) is 3.95. The highest BCUT2D eigenvalue weighted by Gasteiger charge is 2.08. The van der Waals surface area contributed by atoms with Crippen molar-refractivity contribution in [3.8, 4) is 0 Å². The molecular formula is C11H19N3O2S. The molecule has 0 aromatic carbocycles. The Morgan fingerprint density at radius 2 is 2.35 bits per heavy atom. The monoisotopic (exact) mass is 257 g/mol. The molecule has 17 heavy (non-hydrogen) atoms. The fourth-order valence-corrected chi connectivity index (χ4v) is 1.77. The van der Waals surface area contributed by atoms with Gasteiger partial charge in [0, 0.05) is 18.5 Å². The number of carbonyl (C=O) groups is 1. The van der Waals surface area contributed by atoms with E-state index in [4.69, 9.17) is 10.5 Å². The number of amides is 1. The van der Waals surface area contributed by atoms with Gasteiger partial charge in [0.05, 0.1) is 6.10 Å². The molecule has 1 amide bonds. The summed E-state index contributed by atoms with van der Waals surface area (Å²) in [5.41, 5.74) is 5.84. The summed E-state index contributed by atoms with van der Waals surface area (Å²) >= 11 is 1.27. The normalized spacial score (nSPS) is 10.8. The number of hydrogen-bond acceptors (Lipinski definition) is 5. The van der Waals surface area contributed by atoms with Crippen LogP contribution in [0.5, 0.6) is 0 Å². The van der Waals surface area contributed by atoms with Gasteiger partial charge in [-0.3, -0.25) is 4.79 Å². The molecule has 0 spiro atoms. The van der Waals surface area contributed by atoms with Crippen molar-refractivity contribution in [3.05, 3.63) is 11.1 Å². The molecule has 0 aliphatic heterocycles. The third kappa shape index (κ3) is 5.65. The standard InChI is InChI=1S/C11H19N3O2S/c1-8(2)16-6-4-3-5-13-10(15)9-7-17-11(12)14-9/h7-8H,3-6H2,1-2H3,(H2,12,14)(H,13,15). The Morgan fingerprint density at radius 3 is 2.94 bits per heavy atom. The largest absolute Gasteiger partial charge is 0.379 e. The Balaban J connectivity index is 2.09. The van der Waals surface area contributed by atoms with Gasteiger partial charge < -0.3 is 15.8 Å². The van der Waals surface area contributed by atoms with E-state index in [0.717, 1.165) is 19.4 Å². The zero-order chi connectivity index (χ0) is 12.7. The smallest absolute Gasteiger partial charge is 0.270 e. The molecule has 96 valence electrons. The van der Waals surface area contributed by atoms with Gasteiger partial charge in [-0.25, -0.2) is 4.98 Å². The Kier molecular flexibility index (Phi) is 5.93. The van der Waals surface area contributed by atoms with Gasteiger partial charge in [-0.2, -0.15) is 0 Å². The molecule has 5 nitrogen and oxygen atoms in total. The maximum atomic E-state index is 11.5. The van der Waals surface area contributed by atoms with Crippen molar-refractivity contribution in [1.29, 1.82) is 0 Å². The number of unbranched alkanes of at least 4 members (excludes halogenated alkanes) is 1. The lowest BCUT2D eigenvalue weighted by atomic mass is 10.3. The number of rotatable bonds is 7. The number of ether oxygens (including phenoxy) is 1. The van der Waals surface area contributed by atoms with Crippen LogP contribution in [-0.2, 0) is 4.74 Å². The van der Waals surface area contributed by atoms with Crippen LogP contribution in [-0.4, -0.2) is 30.1 Å². The number of nitrogens with two attached hydrogens (primary N) is 1. The van der Waals surface area contributed by atoms with E-state index in [-0.39, 0.29) is 12.0 Å². The molecule has 6 heteroatoms. The van der Waals surface area contributed by atoms with Crippen LogP contribution in [0.4, 0.5) is 5.13 Å². The average molecular weight is 257 g/mol. The van der Waals surface area contributed by atoms with E-state index in [0.29, 0.717) is 17.4 Å². The first kappa shape index (κ1) is 13.9. The summed E-state index contributed by atoms with van der Waals surface area (Å²) in [6.45, 7) is 5.39. The molecule has 0 aliphatic carbocycles. The number of aromatic nitrogens is 1. The summed E-state index contributed by atoms with van der Waals surface area (Å²) < 4.78 is 5.40. The van der Waals surface area contributed by atoms with Gasteiger partial charge in [-0.05, 0) is 26.7 Å². The molecule has 0 bridgehead atoms. The Morgan fingerprint density at radius 1 is 1.59 bits per heavy atom. The lowest BCUT2D eigenvalue weighted by Crippen LogP contribution is -2.25. The third-order valence-corrected chi connectivity index (χ3v) is 2.74. The van der Waals surface area contributed by atoms with Crippen LogP contribution in [0.15, 0.2) is 5.38 Å². The predicted molar refractivity (Wildman–Crippen MR) is 69.2 cm³/mol. The van der Waals surface area contributed by atoms with Crippen molar-refractivity contribution in [2.45, 2.75) is 32.8 Å². The minimum absolute atomic E-state index is 0.164. The summed E-state index contributed by atoms with van der Waals surface area (Å²) in [5, 5.41) is 4.87. The zero-order valence-electron chi connectivity index (χ0n) is 10.2. The first-order valence-corrected chi connectivity index (χ1v) is 6.58. The molecule has 1 aromatic heterocycles. The molecule has 1 aromatic rings. The minimum atomic E-state index is -0.164. The lowest BCUT2D eigenvalue weighted by molar-refractivity contribution is 0.0754. The number of nitrogens with one attached hydrogen (secondary N) is 1. The van der Waals surface area contributed by atoms with Gasteiger partial charge >= 0.3 is 0 Å². The third-order valence-electron chi connectivity index (χ3n) is 2.06. The summed E-state index contributed by atoms with van der Waals surface area (Å²) in [7, 11) is 0. The quantitative estimate of drug-likeness (QED) is 0.728. The maximum absolute atomic E-state index is 11.5. The Bertz CT molecular complexity index is 352.